The lowest BCUT2D eigenvalue weighted by molar-refractivity contribution is -0.138. The van der Waals surface area contributed by atoms with Gasteiger partial charge in [0.05, 0.1) is 5.60 Å². The first kappa shape index (κ1) is 16.9. The zero-order valence-electron chi connectivity index (χ0n) is 11.6. The largest absolute Gasteiger partial charge is 0.481 e. The number of carbonyl (C=O) groups excluding carboxylic acids is 1. The molecule has 0 radical (unpaired) electrons. The van der Waals surface area contributed by atoms with Gasteiger partial charge >= 0.3 is 5.97 Å². The summed E-state index contributed by atoms with van der Waals surface area (Å²) in [4.78, 5) is 23.8. The maximum Gasteiger partial charge on any atom is 0.303 e. The van der Waals surface area contributed by atoms with E-state index in [4.69, 9.17) is 5.11 Å². The summed E-state index contributed by atoms with van der Waals surface area (Å²) >= 11 is 0. The molecule has 2 unspecified atom stereocenters. The molecule has 0 bridgehead atoms. The lowest BCUT2D eigenvalue weighted by atomic mass is 10.0. The van der Waals surface area contributed by atoms with Gasteiger partial charge in [-0.15, -0.1) is 0 Å². The SMILES string of the molecule is CC(CC(=O)O)CC(=O)NCC(C)(O)CN(C)C. The molecule has 1 amide bonds. The van der Waals surface area contributed by atoms with E-state index in [0.29, 0.717) is 6.54 Å². The zero-order valence-corrected chi connectivity index (χ0v) is 11.6. The average Bonchev–Trinajstić information content (AvgIpc) is 2.11. The van der Waals surface area contributed by atoms with Crippen LogP contribution in [-0.2, 0) is 9.59 Å². The van der Waals surface area contributed by atoms with Crippen LogP contribution in [-0.4, -0.2) is 59.8 Å². The number of carbonyl (C=O) groups is 2. The van der Waals surface area contributed by atoms with Crippen LogP contribution in [0.5, 0.6) is 0 Å². The molecule has 0 saturated heterocycles. The van der Waals surface area contributed by atoms with Crippen molar-refractivity contribution in [1.82, 2.24) is 10.2 Å². The van der Waals surface area contributed by atoms with Gasteiger partial charge < -0.3 is 20.4 Å². The van der Waals surface area contributed by atoms with Crippen molar-refractivity contribution in [3.05, 3.63) is 0 Å². The fraction of sp³-hybridized carbons (Fsp3) is 0.833. The lowest BCUT2D eigenvalue weighted by Crippen LogP contribution is -2.47. The van der Waals surface area contributed by atoms with Crippen molar-refractivity contribution in [1.29, 1.82) is 0 Å². The topological polar surface area (TPSA) is 89.9 Å². The van der Waals surface area contributed by atoms with E-state index in [1.807, 2.05) is 19.0 Å². The van der Waals surface area contributed by atoms with Crippen molar-refractivity contribution in [2.45, 2.75) is 32.3 Å². The van der Waals surface area contributed by atoms with Crippen LogP contribution in [0.25, 0.3) is 0 Å². The molecular formula is C12H24N2O4. The van der Waals surface area contributed by atoms with Crippen LogP contribution in [0.1, 0.15) is 26.7 Å². The number of aliphatic carboxylic acids is 1. The van der Waals surface area contributed by atoms with E-state index < -0.39 is 11.6 Å². The van der Waals surface area contributed by atoms with E-state index >= 15 is 0 Å². The number of likely N-dealkylation sites (N-methyl/N-ethyl adjacent to an activating group) is 1. The summed E-state index contributed by atoms with van der Waals surface area (Å²) in [7, 11) is 3.68. The number of carboxylic acid groups (broad SMARTS) is 1. The van der Waals surface area contributed by atoms with Crippen molar-refractivity contribution < 1.29 is 19.8 Å². The summed E-state index contributed by atoms with van der Waals surface area (Å²) < 4.78 is 0. The highest BCUT2D eigenvalue weighted by Crippen LogP contribution is 2.08. The Morgan fingerprint density at radius 3 is 2.33 bits per heavy atom. The number of hydrogen-bond donors (Lipinski definition) is 3. The second kappa shape index (κ2) is 7.33. The molecule has 0 aromatic carbocycles. The van der Waals surface area contributed by atoms with E-state index in [9.17, 15) is 14.7 Å². The molecule has 6 heteroatoms. The molecule has 0 heterocycles. The summed E-state index contributed by atoms with van der Waals surface area (Å²) in [6.07, 6.45) is 0.131. The second-order valence-electron chi connectivity index (χ2n) is 5.42. The van der Waals surface area contributed by atoms with Gasteiger partial charge in [0.25, 0.3) is 0 Å². The number of aliphatic hydroxyl groups is 1. The number of nitrogens with one attached hydrogen (secondary N) is 1. The average molecular weight is 260 g/mol. The van der Waals surface area contributed by atoms with Crippen LogP contribution in [0.3, 0.4) is 0 Å². The standard InChI is InChI=1S/C12H24N2O4/c1-9(6-11(16)17)5-10(15)13-7-12(2,18)8-14(3)4/h9,18H,5-8H2,1-4H3,(H,13,15)(H,16,17). The van der Waals surface area contributed by atoms with Crippen molar-refractivity contribution in [3.63, 3.8) is 0 Å². The van der Waals surface area contributed by atoms with Crippen LogP contribution >= 0.6 is 0 Å². The van der Waals surface area contributed by atoms with Gasteiger partial charge in [0.2, 0.25) is 5.91 Å². The smallest absolute Gasteiger partial charge is 0.303 e. The molecule has 0 aromatic heterocycles. The maximum atomic E-state index is 11.5. The van der Waals surface area contributed by atoms with E-state index in [1.54, 1.807) is 13.8 Å². The minimum Gasteiger partial charge on any atom is -0.481 e. The molecule has 0 aliphatic carbocycles. The zero-order chi connectivity index (χ0) is 14.3. The van der Waals surface area contributed by atoms with E-state index in [1.165, 1.54) is 0 Å². The van der Waals surface area contributed by atoms with E-state index in [2.05, 4.69) is 5.32 Å². The van der Waals surface area contributed by atoms with Crippen LogP contribution in [0.2, 0.25) is 0 Å². The quantitative estimate of drug-likeness (QED) is 0.568. The van der Waals surface area contributed by atoms with Gasteiger partial charge in [0.1, 0.15) is 0 Å². The summed E-state index contributed by atoms with van der Waals surface area (Å²) in [6, 6.07) is 0. The van der Waals surface area contributed by atoms with E-state index in [0.717, 1.165) is 0 Å². The third-order valence-electron chi connectivity index (χ3n) is 2.38. The number of carboxylic acids is 1. The molecule has 0 saturated carbocycles. The highest BCUT2D eigenvalue weighted by atomic mass is 16.4. The fourth-order valence-corrected chi connectivity index (χ4v) is 1.79. The molecule has 0 rings (SSSR count). The molecule has 0 aliphatic heterocycles. The molecule has 2 atom stereocenters. The molecule has 6 nitrogen and oxygen atoms in total. The Kier molecular flexibility index (Phi) is 6.86. The molecular weight excluding hydrogens is 236 g/mol. The summed E-state index contributed by atoms with van der Waals surface area (Å²) in [5, 5.41) is 21.2. The van der Waals surface area contributed by atoms with Gasteiger partial charge in [-0.05, 0) is 26.9 Å². The Labute approximate surface area is 108 Å². The number of hydrogen-bond acceptors (Lipinski definition) is 4. The highest BCUT2D eigenvalue weighted by molar-refractivity contribution is 5.77. The molecule has 0 fully saturated rings. The number of rotatable bonds is 8. The normalized spacial score (nSPS) is 16.1. The molecule has 0 aliphatic rings. The predicted molar refractivity (Wildman–Crippen MR) is 68.2 cm³/mol. The minimum atomic E-state index is -0.991. The van der Waals surface area contributed by atoms with Crippen LogP contribution in [0.15, 0.2) is 0 Å². The van der Waals surface area contributed by atoms with Crippen LogP contribution in [0, 0.1) is 5.92 Å². The lowest BCUT2D eigenvalue weighted by Gasteiger charge is -2.27. The minimum absolute atomic E-state index is 0.0263. The first-order valence-electron chi connectivity index (χ1n) is 5.98. The van der Waals surface area contributed by atoms with Crippen molar-refractivity contribution >= 4 is 11.9 Å². The Balaban J connectivity index is 3.99. The van der Waals surface area contributed by atoms with Gasteiger partial charge in [0, 0.05) is 25.9 Å². The van der Waals surface area contributed by atoms with Gasteiger partial charge in [-0.3, -0.25) is 9.59 Å². The van der Waals surface area contributed by atoms with Crippen LogP contribution in [0.4, 0.5) is 0 Å². The van der Waals surface area contributed by atoms with Gasteiger partial charge in [-0.25, -0.2) is 0 Å². The third-order valence-corrected chi connectivity index (χ3v) is 2.38. The Bertz CT molecular complexity index is 290. The van der Waals surface area contributed by atoms with Crippen molar-refractivity contribution in [3.8, 4) is 0 Å². The summed E-state index contributed by atoms with van der Waals surface area (Å²) in [6.45, 7) is 3.96. The van der Waals surface area contributed by atoms with E-state index in [-0.39, 0.29) is 31.2 Å². The first-order chi connectivity index (χ1) is 8.12. The van der Waals surface area contributed by atoms with Gasteiger partial charge in [-0.2, -0.15) is 0 Å². The highest BCUT2D eigenvalue weighted by Gasteiger charge is 2.22. The van der Waals surface area contributed by atoms with Crippen molar-refractivity contribution in [2.75, 3.05) is 27.2 Å². The monoisotopic (exact) mass is 260 g/mol. The molecule has 18 heavy (non-hydrogen) atoms. The van der Waals surface area contributed by atoms with Gasteiger partial charge in [-0.1, -0.05) is 6.92 Å². The molecule has 0 aromatic rings. The first-order valence-corrected chi connectivity index (χ1v) is 5.98. The van der Waals surface area contributed by atoms with Gasteiger partial charge in [0.15, 0.2) is 0 Å². The Morgan fingerprint density at radius 2 is 1.89 bits per heavy atom. The second-order valence-corrected chi connectivity index (χ2v) is 5.42. The Morgan fingerprint density at radius 1 is 1.33 bits per heavy atom. The predicted octanol–water partition coefficient (Wildman–Crippen LogP) is -0.0839. The van der Waals surface area contributed by atoms with Crippen LogP contribution < -0.4 is 5.32 Å². The number of amides is 1. The Hall–Kier alpha value is -1.14. The summed E-state index contributed by atoms with van der Waals surface area (Å²) in [5.41, 5.74) is -0.991. The molecule has 3 N–H and O–H groups in total. The third kappa shape index (κ3) is 8.95. The maximum absolute atomic E-state index is 11.5. The molecule has 106 valence electrons. The molecule has 0 spiro atoms. The van der Waals surface area contributed by atoms with Crippen molar-refractivity contribution in [2.24, 2.45) is 5.92 Å². The summed E-state index contributed by atoms with van der Waals surface area (Å²) in [5.74, 6) is -1.35. The number of nitrogens with zero attached hydrogens (tertiary/aromatic N) is 1. The fourth-order valence-electron chi connectivity index (χ4n) is 1.79.